The maximum Gasteiger partial charge on any atom is 0.258 e. The van der Waals surface area contributed by atoms with E-state index in [9.17, 15) is 0 Å². The van der Waals surface area contributed by atoms with Crippen molar-refractivity contribution in [1.29, 1.82) is 0 Å². The number of pyridine rings is 1. The zero-order valence-electron chi connectivity index (χ0n) is 12.9. The van der Waals surface area contributed by atoms with Crippen LogP contribution in [-0.4, -0.2) is 15.2 Å². The number of nitrogens with zero attached hydrogens (tertiary/aromatic N) is 3. The number of benzene rings is 1. The lowest BCUT2D eigenvalue weighted by Crippen LogP contribution is -1.88. The van der Waals surface area contributed by atoms with Crippen molar-refractivity contribution in [3.05, 3.63) is 65.4 Å². The summed E-state index contributed by atoms with van der Waals surface area (Å²) in [6.07, 6.45) is 0. The quantitative estimate of drug-likeness (QED) is 0.411. The first-order valence-corrected chi connectivity index (χ1v) is 9.46. The zero-order valence-corrected chi connectivity index (χ0v) is 14.6. The molecule has 6 heteroatoms. The van der Waals surface area contributed by atoms with Crippen molar-refractivity contribution in [2.24, 2.45) is 0 Å². The van der Waals surface area contributed by atoms with Crippen molar-refractivity contribution < 1.29 is 4.42 Å². The molecule has 0 atom stereocenters. The SMILES string of the molecule is c1csc(-c2cc(-c3nnc(-c4cccs4)o3)c3ccccc3n2)c1. The highest BCUT2D eigenvalue weighted by Crippen LogP contribution is 2.34. The molecule has 0 fully saturated rings. The van der Waals surface area contributed by atoms with Crippen LogP contribution in [0.5, 0.6) is 0 Å². The molecule has 4 aromatic heterocycles. The Kier molecular flexibility index (Phi) is 3.43. The van der Waals surface area contributed by atoms with Gasteiger partial charge in [-0.1, -0.05) is 30.3 Å². The number of hydrogen-bond donors (Lipinski definition) is 0. The molecule has 120 valence electrons. The van der Waals surface area contributed by atoms with Crippen molar-refractivity contribution in [1.82, 2.24) is 15.2 Å². The van der Waals surface area contributed by atoms with Crippen LogP contribution in [0.4, 0.5) is 0 Å². The third kappa shape index (κ3) is 2.56. The standard InChI is InChI=1S/C19H11N3OS2/c1-2-6-14-12(5-1)13(11-15(20-14)16-7-3-9-24-16)18-21-22-19(23-18)17-8-4-10-25-17/h1-11H. The van der Waals surface area contributed by atoms with Gasteiger partial charge in [-0.3, -0.25) is 0 Å². The van der Waals surface area contributed by atoms with Crippen molar-refractivity contribution >= 4 is 33.6 Å². The molecule has 4 heterocycles. The Balaban J connectivity index is 1.72. The summed E-state index contributed by atoms with van der Waals surface area (Å²) in [5.74, 6) is 1.06. The van der Waals surface area contributed by atoms with E-state index in [1.54, 1.807) is 22.7 Å². The van der Waals surface area contributed by atoms with Crippen LogP contribution in [0, 0.1) is 0 Å². The summed E-state index contributed by atoms with van der Waals surface area (Å²) in [4.78, 5) is 6.87. The second-order valence-electron chi connectivity index (χ2n) is 5.44. The van der Waals surface area contributed by atoms with E-state index in [4.69, 9.17) is 9.40 Å². The first-order valence-electron chi connectivity index (χ1n) is 7.70. The van der Waals surface area contributed by atoms with Crippen LogP contribution in [0.1, 0.15) is 0 Å². The molecule has 0 amide bonds. The van der Waals surface area contributed by atoms with Gasteiger partial charge in [0.15, 0.2) is 0 Å². The molecule has 1 aromatic carbocycles. The number of hydrogen-bond acceptors (Lipinski definition) is 6. The van der Waals surface area contributed by atoms with Gasteiger partial charge in [0.2, 0.25) is 5.89 Å². The van der Waals surface area contributed by atoms with Gasteiger partial charge >= 0.3 is 0 Å². The first-order chi connectivity index (χ1) is 12.4. The molecule has 0 aliphatic heterocycles. The Morgan fingerprint density at radius 3 is 2.32 bits per heavy atom. The van der Waals surface area contributed by atoms with Gasteiger partial charge in [0, 0.05) is 5.39 Å². The van der Waals surface area contributed by atoms with Gasteiger partial charge in [0.05, 0.1) is 26.5 Å². The van der Waals surface area contributed by atoms with Crippen LogP contribution in [0.25, 0.3) is 43.7 Å². The summed E-state index contributed by atoms with van der Waals surface area (Å²) in [6.45, 7) is 0. The van der Waals surface area contributed by atoms with Crippen LogP contribution in [-0.2, 0) is 0 Å². The maximum atomic E-state index is 5.96. The van der Waals surface area contributed by atoms with Gasteiger partial charge in [-0.2, -0.15) is 0 Å². The number of thiophene rings is 2. The maximum absolute atomic E-state index is 5.96. The van der Waals surface area contributed by atoms with Gasteiger partial charge in [-0.15, -0.1) is 32.9 Å². The Morgan fingerprint density at radius 1 is 0.760 bits per heavy atom. The molecule has 5 rings (SSSR count). The van der Waals surface area contributed by atoms with Crippen molar-refractivity contribution in [2.45, 2.75) is 0 Å². The topological polar surface area (TPSA) is 51.8 Å². The van der Waals surface area contributed by atoms with Crippen molar-refractivity contribution in [3.63, 3.8) is 0 Å². The molecule has 0 radical (unpaired) electrons. The minimum Gasteiger partial charge on any atom is -0.415 e. The first kappa shape index (κ1) is 14.5. The lowest BCUT2D eigenvalue weighted by molar-refractivity contribution is 0.586. The minimum absolute atomic E-state index is 0.514. The molecular formula is C19H11N3OS2. The second kappa shape index (κ2) is 5.91. The molecule has 0 aliphatic rings. The lowest BCUT2D eigenvalue weighted by Gasteiger charge is -2.05. The fourth-order valence-corrected chi connectivity index (χ4v) is 4.07. The van der Waals surface area contributed by atoms with Gasteiger partial charge in [-0.25, -0.2) is 4.98 Å². The van der Waals surface area contributed by atoms with Crippen LogP contribution < -0.4 is 0 Å². The fourth-order valence-electron chi connectivity index (χ4n) is 2.73. The molecular weight excluding hydrogens is 350 g/mol. The summed E-state index contributed by atoms with van der Waals surface area (Å²) in [6, 6.07) is 18.1. The number of fused-ring (bicyclic) bond motifs is 1. The molecule has 4 nitrogen and oxygen atoms in total. The van der Waals surface area contributed by atoms with E-state index in [0.29, 0.717) is 11.8 Å². The monoisotopic (exact) mass is 361 g/mol. The van der Waals surface area contributed by atoms with E-state index in [2.05, 4.69) is 16.3 Å². The second-order valence-corrected chi connectivity index (χ2v) is 7.33. The normalized spacial score (nSPS) is 11.2. The zero-order chi connectivity index (χ0) is 16.6. The van der Waals surface area contributed by atoms with E-state index in [1.165, 1.54) is 0 Å². The van der Waals surface area contributed by atoms with Gasteiger partial charge in [-0.05, 0) is 35.0 Å². The Bertz CT molecular complexity index is 1140. The molecule has 0 N–H and O–H groups in total. The third-order valence-electron chi connectivity index (χ3n) is 3.88. The summed E-state index contributed by atoms with van der Waals surface area (Å²) in [7, 11) is 0. The number of aromatic nitrogens is 3. The van der Waals surface area contributed by atoms with E-state index in [1.807, 2.05) is 59.3 Å². The molecule has 5 aromatic rings. The molecule has 0 bridgehead atoms. The third-order valence-corrected chi connectivity index (χ3v) is 5.63. The summed E-state index contributed by atoms with van der Waals surface area (Å²) >= 11 is 3.25. The molecule has 0 saturated heterocycles. The smallest absolute Gasteiger partial charge is 0.258 e. The molecule has 0 saturated carbocycles. The van der Waals surface area contributed by atoms with Gasteiger partial charge in [0.1, 0.15) is 0 Å². The lowest BCUT2D eigenvalue weighted by atomic mass is 10.1. The van der Waals surface area contributed by atoms with Crippen LogP contribution in [0.2, 0.25) is 0 Å². The summed E-state index contributed by atoms with van der Waals surface area (Å²) in [5.41, 5.74) is 2.74. The highest BCUT2D eigenvalue weighted by atomic mass is 32.1. The number of rotatable bonds is 3. The Morgan fingerprint density at radius 2 is 1.52 bits per heavy atom. The molecule has 0 unspecified atom stereocenters. The van der Waals surface area contributed by atoms with Crippen LogP contribution in [0.3, 0.4) is 0 Å². The molecule has 25 heavy (non-hydrogen) atoms. The van der Waals surface area contributed by atoms with Crippen LogP contribution in [0.15, 0.2) is 69.8 Å². The predicted octanol–water partition coefficient (Wildman–Crippen LogP) is 5.74. The summed E-state index contributed by atoms with van der Waals surface area (Å²) in [5, 5.41) is 13.5. The highest BCUT2D eigenvalue weighted by Gasteiger charge is 2.16. The van der Waals surface area contributed by atoms with Gasteiger partial charge in [0.25, 0.3) is 5.89 Å². The number of para-hydroxylation sites is 1. The van der Waals surface area contributed by atoms with Crippen LogP contribution >= 0.6 is 22.7 Å². The molecule has 0 spiro atoms. The fraction of sp³-hybridized carbons (Fsp3) is 0. The Labute approximate surface area is 151 Å². The van der Waals surface area contributed by atoms with E-state index in [0.717, 1.165) is 31.9 Å². The Hall–Kier alpha value is -2.83. The van der Waals surface area contributed by atoms with Crippen molar-refractivity contribution in [2.75, 3.05) is 0 Å². The predicted molar refractivity (Wildman–Crippen MR) is 102 cm³/mol. The van der Waals surface area contributed by atoms with Crippen molar-refractivity contribution in [3.8, 4) is 32.8 Å². The van der Waals surface area contributed by atoms with Gasteiger partial charge < -0.3 is 4.42 Å². The largest absolute Gasteiger partial charge is 0.415 e. The van der Waals surface area contributed by atoms with E-state index in [-0.39, 0.29) is 0 Å². The average Bonchev–Trinajstić information content (AvgIpc) is 3.43. The average molecular weight is 361 g/mol. The minimum atomic E-state index is 0.514. The summed E-state index contributed by atoms with van der Waals surface area (Å²) < 4.78 is 5.96. The van der Waals surface area contributed by atoms with E-state index >= 15 is 0 Å². The molecule has 0 aliphatic carbocycles. The van der Waals surface area contributed by atoms with E-state index < -0.39 is 0 Å². The highest BCUT2D eigenvalue weighted by molar-refractivity contribution is 7.13.